The van der Waals surface area contributed by atoms with E-state index in [-0.39, 0.29) is 5.82 Å². The van der Waals surface area contributed by atoms with Gasteiger partial charge in [-0.2, -0.15) is 0 Å². The fourth-order valence-electron chi connectivity index (χ4n) is 1.45. The van der Waals surface area contributed by atoms with Crippen LogP contribution in [0.4, 0.5) is 10.2 Å². The third-order valence-electron chi connectivity index (χ3n) is 2.36. The third-order valence-corrected chi connectivity index (χ3v) is 2.69. The molecule has 0 aliphatic heterocycles. The molecule has 0 unspecified atom stereocenters. The summed E-state index contributed by atoms with van der Waals surface area (Å²) in [4.78, 5) is 4.02. The first-order valence-corrected chi connectivity index (χ1v) is 5.13. The van der Waals surface area contributed by atoms with Crippen molar-refractivity contribution < 1.29 is 4.39 Å². The van der Waals surface area contributed by atoms with Gasteiger partial charge in [0.1, 0.15) is 11.6 Å². The van der Waals surface area contributed by atoms with Gasteiger partial charge in [-0.1, -0.05) is 11.6 Å². The van der Waals surface area contributed by atoms with Crippen LogP contribution in [0.15, 0.2) is 30.5 Å². The fraction of sp³-hybridized carbons (Fsp3) is 0.0833. The Balaban J connectivity index is 2.58. The van der Waals surface area contributed by atoms with E-state index in [9.17, 15) is 4.39 Å². The van der Waals surface area contributed by atoms with Gasteiger partial charge in [-0.05, 0) is 36.8 Å². The maximum Gasteiger partial charge on any atom is 0.126 e. The van der Waals surface area contributed by atoms with E-state index in [1.54, 1.807) is 6.20 Å². The smallest absolute Gasteiger partial charge is 0.126 e. The highest BCUT2D eigenvalue weighted by Gasteiger charge is 2.06. The molecule has 2 rings (SSSR count). The van der Waals surface area contributed by atoms with Crippen molar-refractivity contribution in [2.75, 3.05) is 5.73 Å². The fourth-order valence-corrected chi connectivity index (χ4v) is 1.68. The Morgan fingerprint density at radius 2 is 2.06 bits per heavy atom. The van der Waals surface area contributed by atoms with Crippen molar-refractivity contribution in [1.29, 1.82) is 0 Å². The highest BCUT2D eigenvalue weighted by Crippen LogP contribution is 2.29. The SMILES string of the molecule is Cc1cc(-c2cc(F)ccc2Cl)cnc1N. The number of nitrogen functional groups attached to an aromatic ring is 1. The molecule has 0 amide bonds. The molecule has 1 heterocycles. The summed E-state index contributed by atoms with van der Waals surface area (Å²) in [6.45, 7) is 1.85. The minimum atomic E-state index is -0.325. The molecule has 4 heteroatoms. The zero-order valence-corrected chi connectivity index (χ0v) is 9.42. The van der Waals surface area contributed by atoms with Gasteiger partial charge in [-0.3, -0.25) is 0 Å². The first-order chi connectivity index (χ1) is 7.58. The summed E-state index contributed by atoms with van der Waals surface area (Å²) in [6, 6.07) is 6.07. The molecule has 2 N–H and O–H groups in total. The Hall–Kier alpha value is -1.61. The molecule has 2 nitrogen and oxygen atoms in total. The van der Waals surface area contributed by atoms with Crippen LogP contribution in [0.5, 0.6) is 0 Å². The Labute approximate surface area is 97.9 Å². The van der Waals surface area contributed by atoms with Crippen molar-refractivity contribution in [1.82, 2.24) is 4.98 Å². The van der Waals surface area contributed by atoms with E-state index in [0.29, 0.717) is 16.4 Å². The van der Waals surface area contributed by atoms with Crippen LogP contribution in [-0.2, 0) is 0 Å². The molecule has 1 aromatic heterocycles. The minimum Gasteiger partial charge on any atom is -0.383 e. The van der Waals surface area contributed by atoms with Crippen molar-refractivity contribution in [3.8, 4) is 11.1 Å². The van der Waals surface area contributed by atoms with E-state index in [0.717, 1.165) is 11.1 Å². The highest BCUT2D eigenvalue weighted by molar-refractivity contribution is 6.33. The number of aromatic nitrogens is 1. The Bertz CT molecular complexity index is 541. The lowest BCUT2D eigenvalue weighted by Gasteiger charge is -2.06. The summed E-state index contributed by atoms with van der Waals surface area (Å²) < 4.78 is 13.1. The number of nitrogens with zero attached hydrogens (tertiary/aromatic N) is 1. The molecule has 0 radical (unpaired) electrons. The van der Waals surface area contributed by atoms with E-state index in [1.807, 2.05) is 13.0 Å². The van der Waals surface area contributed by atoms with Gasteiger partial charge in [0.05, 0.1) is 0 Å². The van der Waals surface area contributed by atoms with Gasteiger partial charge in [0, 0.05) is 22.3 Å². The average molecular weight is 237 g/mol. The van der Waals surface area contributed by atoms with Crippen molar-refractivity contribution in [3.63, 3.8) is 0 Å². The van der Waals surface area contributed by atoms with Crippen LogP contribution in [0.1, 0.15) is 5.56 Å². The third kappa shape index (κ3) is 1.99. The van der Waals surface area contributed by atoms with E-state index in [1.165, 1.54) is 18.2 Å². The van der Waals surface area contributed by atoms with E-state index >= 15 is 0 Å². The number of anilines is 1. The van der Waals surface area contributed by atoms with Gasteiger partial charge in [0.15, 0.2) is 0 Å². The van der Waals surface area contributed by atoms with Crippen molar-refractivity contribution in [2.45, 2.75) is 6.92 Å². The summed E-state index contributed by atoms with van der Waals surface area (Å²) in [7, 11) is 0. The largest absolute Gasteiger partial charge is 0.383 e. The molecule has 82 valence electrons. The molecule has 2 aromatic rings. The van der Waals surface area contributed by atoms with Gasteiger partial charge in [0.2, 0.25) is 0 Å². The van der Waals surface area contributed by atoms with Gasteiger partial charge >= 0.3 is 0 Å². The van der Waals surface area contributed by atoms with Gasteiger partial charge < -0.3 is 5.73 Å². The first-order valence-electron chi connectivity index (χ1n) is 4.75. The Morgan fingerprint density at radius 3 is 2.75 bits per heavy atom. The summed E-state index contributed by atoms with van der Waals surface area (Å²) >= 11 is 6.00. The van der Waals surface area contributed by atoms with Crippen molar-refractivity contribution in [3.05, 3.63) is 46.9 Å². The number of rotatable bonds is 1. The first kappa shape index (κ1) is 10.9. The molecule has 0 saturated heterocycles. The number of hydrogen-bond donors (Lipinski definition) is 1. The molecule has 0 saturated carbocycles. The minimum absolute atomic E-state index is 0.325. The van der Waals surface area contributed by atoms with Crippen LogP contribution in [0, 0.1) is 12.7 Å². The monoisotopic (exact) mass is 236 g/mol. The molecular weight excluding hydrogens is 227 g/mol. The van der Waals surface area contributed by atoms with Gasteiger partial charge in [0.25, 0.3) is 0 Å². The van der Waals surface area contributed by atoms with Crippen LogP contribution in [-0.4, -0.2) is 4.98 Å². The highest BCUT2D eigenvalue weighted by atomic mass is 35.5. The lowest BCUT2D eigenvalue weighted by atomic mass is 10.1. The Morgan fingerprint density at radius 1 is 1.31 bits per heavy atom. The van der Waals surface area contributed by atoms with E-state index < -0.39 is 0 Å². The van der Waals surface area contributed by atoms with Crippen LogP contribution in [0.3, 0.4) is 0 Å². The second kappa shape index (κ2) is 4.10. The lowest BCUT2D eigenvalue weighted by molar-refractivity contribution is 0.628. The number of pyridine rings is 1. The molecule has 0 atom stereocenters. The lowest BCUT2D eigenvalue weighted by Crippen LogP contribution is -1.94. The molecule has 0 fully saturated rings. The molecule has 16 heavy (non-hydrogen) atoms. The normalized spacial score (nSPS) is 10.4. The van der Waals surface area contributed by atoms with E-state index in [2.05, 4.69) is 4.98 Å². The van der Waals surface area contributed by atoms with Crippen LogP contribution in [0.2, 0.25) is 5.02 Å². The predicted octanol–water partition coefficient (Wildman–Crippen LogP) is 3.43. The quantitative estimate of drug-likeness (QED) is 0.824. The zero-order valence-electron chi connectivity index (χ0n) is 8.67. The number of halogens is 2. The molecule has 0 aliphatic rings. The van der Waals surface area contributed by atoms with Crippen LogP contribution < -0.4 is 5.73 Å². The van der Waals surface area contributed by atoms with Crippen LogP contribution in [0.25, 0.3) is 11.1 Å². The standard InChI is InChI=1S/C12H10ClFN2/c1-7-4-8(6-16-12(7)15)10-5-9(14)2-3-11(10)13/h2-6H,1H3,(H2,15,16). The Kier molecular flexibility index (Phi) is 2.79. The summed E-state index contributed by atoms with van der Waals surface area (Å²) in [5, 5.41) is 0.493. The summed E-state index contributed by atoms with van der Waals surface area (Å²) in [5.41, 5.74) is 7.84. The molecule has 0 aliphatic carbocycles. The average Bonchev–Trinajstić information content (AvgIpc) is 2.26. The van der Waals surface area contributed by atoms with Gasteiger partial charge in [-0.25, -0.2) is 9.37 Å². The van der Waals surface area contributed by atoms with Crippen LogP contribution >= 0.6 is 11.6 Å². The second-order valence-corrected chi connectivity index (χ2v) is 3.96. The molecule has 0 bridgehead atoms. The number of aryl methyl sites for hydroxylation is 1. The predicted molar refractivity (Wildman–Crippen MR) is 63.8 cm³/mol. The number of nitrogens with two attached hydrogens (primary N) is 1. The van der Waals surface area contributed by atoms with Gasteiger partial charge in [-0.15, -0.1) is 0 Å². The van der Waals surface area contributed by atoms with Crippen molar-refractivity contribution >= 4 is 17.4 Å². The molecule has 1 aromatic carbocycles. The topological polar surface area (TPSA) is 38.9 Å². The summed E-state index contributed by atoms with van der Waals surface area (Å²) in [5.74, 6) is 0.144. The second-order valence-electron chi connectivity index (χ2n) is 3.55. The number of benzene rings is 1. The zero-order chi connectivity index (χ0) is 11.7. The number of hydrogen-bond acceptors (Lipinski definition) is 2. The maximum absolute atomic E-state index is 13.1. The molecular formula is C12H10ClFN2. The molecule has 0 spiro atoms. The maximum atomic E-state index is 13.1. The van der Waals surface area contributed by atoms with E-state index in [4.69, 9.17) is 17.3 Å². The summed E-state index contributed by atoms with van der Waals surface area (Å²) in [6.07, 6.45) is 1.59. The van der Waals surface area contributed by atoms with Crippen molar-refractivity contribution in [2.24, 2.45) is 0 Å².